The van der Waals surface area contributed by atoms with Gasteiger partial charge < -0.3 is 4.74 Å². The Morgan fingerprint density at radius 3 is 2.70 bits per heavy atom. The van der Waals surface area contributed by atoms with Crippen molar-refractivity contribution in [2.75, 3.05) is 19.7 Å². The Bertz CT molecular complexity index is 121. The zero-order valence-electron chi connectivity index (χ0n) is 6.02. The van der Waals surface area contributed by atoms with Crippen molar-refractivity contribution in [1.82, 2.24) is 10.6 Å². The molecule has 0 bridgehead atoms. The van der Waals surface area contributed by atoms with E-state index in [1.165, 1.54) is 0 Å². The maximum atomic E-state index is 10.9. The Hall–Kier alpha value is -0.610. The highest BCUT2D eigenvalue weighted by Gasteiger charge is 2.21. The van der Waals surface area contributed by atoms with Crippen LogP contribution in [0.4, 0.5) is 0 Å². The molecule has 1 aliphatic heterocycles. The first-order chi connectivity index (χ1) is 4.84. The highest BCUT2D eigenvalue weighted by molar-refractivity contribution is 5.75. The van der Waals surface area contributed by atoms with Gasteiger partial charge in [-0.3, -0.25) is 10.6 Å². The van der Waals surface area contributed by atoms with Gasteiger partial charge in [0.25, 0.3) is 0 Å². The summed E-state index contributed by atoms with van der Waals surface area (Å²) in [6.07, 6.45) is -0.278. The summed E-state index contributed by atoms with van der Waals surface area (Å²) < 4.78 is 4.76. The van der Waals surface area contributed by atoms with Crippen molar-refractivity contribution in [2.45, 2.75) is 13.1 Å². The van der Waals surface area contributed by atoms with E-state index in [9.17, 15) is 4.79 Å². The zero-order valence-corrected chi connectivity index (χ0v) is 6.02. The molecule has 0 radical (unpaired) electrons. The fourth-order valence-corrected chi connectivity index (χ4v) is 0.897. The van der Waals surface area contributed by atoms with Crippen LogP contribution in [0.1, 0.15) is 6.92 Å². The van der Waals surface area contributed by atoms with E-state index in [0.29, 0.717) is 6.61 Å². The lowest BCUT2D eigenvalue weighted by molar-refractivity contribution is -0.145. The summed E-state index contributed by atoms with van der Waals surface area (Å²) in [4.78, 5) is 10.9. The van der Waals surface area contributed by atoms with Crippen LogP contribution in [-0.4, -0.2) is 31.8 Å². The third kappa shape index (κ3) is 1.68. The van der Waals surface area contributed by atoms with E-state index in [-0.39, 0.29) is 12.1 Å². The molecule has 10 heavy (non-hydrogen) atoms. The molecule has 1 heterocycles. The van der Waals surface area contributed by atoms with Crippen LogP contribution in [0.5, 0.6) is 0 Å². The van der Waals surface area contributed by atoms with Crippen molar-refractivity contribution < 1.29 is 9.53 Å². The second-order valence-electron chi connectivity index (χ2n) is 2.09. The summed E-state index contributed by atoms with van der Waals surface area (Å²) in [5, 5.41) is 5.91. The lowest BCUT2D eigenvalue weighted by Crippen LogP contribution is -2.40. The van der Waals surface area contributed by atoms with Gasteiger partial charge in [0.05, 0.1) is 6.61 Å². The van der Waals surface area contributed by atoms with E-state index in [1.807, 2.05) is 0 Å². The fraction of sp³-hybridized carbons (Fsp3) is 0.833. The molecule has 0 aromatic carbocycles. The van der Waals surface area contributed by atoms with Gasteiger partial charge in [-0.2, -0.15) is 0 Å². The lowest BCUT2D eigenvalue weighted by Gasteiger charge is -2.08. The predicted octanol–water partition coefficient (Wildman–Crippen LogP) is -0.932. The van der Waals surface area contributed by atoms with E-state index < -0.39 is 0 Å². The van der Waals surface area contributed by atoms with E-state index >= 15 is 0 Å². The molecule has 1 aliphatic rings. The number of rotatable bonds is 2. The SMILES string of the molecule is CCOC(=O)C1NCCN1. The minimum absolute atomic E-state index is 0.208. The summed E-state index contributed by atoms with van der Waals surface area (Å²) in [6.45, 7) is 3.92. The first kappa shape index (κ1) is 7.50. The molecule has 2 N–H and O–H groups in total. The molecular weight excluding hydrogens is 132 g/mol. The van der Waals surface area contributed by atoms with Gasteiger partial charge in [-0.1, -0.05) is 0 Å². The molecule has 4 heteroatoms. The molecule has 0 amide bonds. The number of esters is 1. The predicted molar refractivity (Wildman–Crippen MR) is 36.4 cm³/mol. The summed E-state index contributed by atoms with van der Waals surface area (Å²) in [5.41, 5.74) is 0. The van der Waals surface area contributed by atoms with E-state index in [0.717, 1.165) is 13.1 Å². The van der Waals surface area contributed by atoms with Crippen LogP contribution in [-0.2, 0) is 9.53 Å². The first-order valence-corrected chi connectivity index (χ1v) is 3.48. The molecule has 0 saturated carbocycles. The van der Waals surface area contributed by atoms with E-state index in [4.69, 9.17) is 4.74 Å². The fourth-order valence-electron chi connectivity index (χ4n) is 0.897. The van der Waals surface area contributed by atoms with Gasteiger partial charge in [0, 0.05) is 13.1 Å². The highest BCUT2D eigenvalue weighted by Crippen LogP contribution is 1.88. The molecule has 0 spiro atoms. The Morgan fingerprint density at radius 1 is 1.60 bits per heavy atom. The van der Waals surface area contributed by atoms with Gasteiger partial charge in [0.15, 0.2) is 6.17 Å². The monoisotopic (exact) mass is 144 g/mol. The second-order valence-corrected chi connectivity index (χ2v) is 2.09. The van der Waals surface area contributed by atoms with E-state index in [1.54, 1.807) is 6.92 Å². The van der Waals surface area contributed by atoms with E-state index in [2.05, 4.69) is 10.6 Å². The van der Waals surface area contributed by atoms with Crippen LogP contribution in [0.2, 0.25) is 0 Å². The number of nitrogens with one attached hydrogen (secondary N) is 2. The Morgan fingerprint density at radius 2 is 2.20 bits per heavy atom. The van der Waals surface area contributed by atoms with Gasteiger partial charge in [-0.25, -0.2) is 4.79 Å². The standard InChI is InChI=1S/C6H12N2O2/c1-2-10-6(9)5-7-3-4-8-5/h5,7-8H,2-4H2,1H3. The van der Waals surface area contributed by atoms with Crippen LogP contribution in [0.3, 0.4) is 0 Å². The molecule has 0 aromatic rings. The van der Waals surface area contributed by atoms with Gasteiger partial charge in [0.1, 0.15) is 0 Å². The maximum absolute atomic E-state index is 10.9. The minimum atomic E-state index is -0.278. The molecule has 1 fully saturated rings. The van der Waals surface area contributed by atoms with Crippen molar-refractivity contribution in [3.8, 4) is 0 Å². The van der Waals surface area contributed by atoms with Crippen LogP contribution >= 0.6 is 0 Å². The van der Waals surface area contributed by atoms with Crippen LogP contribution in [0.25, 0.3) is 0 Å². The molecule has 0 unspecified atom stereocenters. The van der Waals surface area contributed by atoms with Gasteiger partial charge in [0.2, 0.25) is 0 Å². The Balaban J connectivity index is 2.25. The van der Waals surface area contributed by atoms with Crippen molar-refractivity contribution >= 4 is 5.97 Å². The largest absolute Gasteiger partial charge is 0.464 e. The van der Waals surface area contributed by atoms with Crippen LogP contribution in [0, 0.1) is 0 Å². The quantitative estimate of drug-likeness (QED) is 0.491. The van der Waals surface area contributed by atoms with Crippen molar-refractivity contribution in [3.63, 3.8) is 0 Å². The van der Waals surface area contributed by atoms with Gasteiger partial charge >= 0.3 is 5.97 Å². The average molecular weight is 144 g/mol. The molecule has 0 aliphatic carbocycles. The zero-order chi connectivity index (χ0) is 7.40. The molecule has 0 aromatic heterocycles. The maximum Gasteiger partial charge on any atom is 0.338 e. The summed E-state index contributed by atoms with van der Waals surface area (Å²) in [5.74, 6) is -0.208. The normalized spacial score (nSPS) is 19.3. The highest BCUT2D eigenvalue weighted by atomic mass is 16.5. The number of carbonyl (C=O) groups excluding carboxylic acids is 1. The Kier molecular flexibility index (Phi) is 2.65. The molecule has 58 valence electrons. The van der Waals surface area contributed by atoms with Crippen molar-refractivity contribution in [3.05, 3.63) is 0 Å². The second kappa shape index (κ2) is 3.53. The van der Waals surface area contributed by atoms with Crippen molar-refractivity contribution in [1.29, 1.82) is 0 Å². The molecule has 4 nitrogen and oxygen atoms in total. The number of ether oxygens (including phenoxy) is 1. The number of carbonyl (C=O) groups is 1. The number of hydrogen-bond acceptors (Lipinski definition) is 4. The van der Waals surface area contributed by atoms with Crippen molar-refractivity contribution in [2.24, 2.45) is 0 Å². The van der Waals surface area contributed by atoms with Gasteiger partial charge in [-0.05, 0) is 6.92 Å². The molecule has 1 rings (SSSR count). The van der Waals surface area contributed by atoms with Crippen LogP contribution in [0.15, 0.2) is 0 Å². The number of hydrogen-bond donors (Lipinski definition) is 2. The third-order valence-corrected chi connectivity index (χ3v) is 1.34. The van der Waals surface area contributed by atoms with Gasteiger partial charge in [-0.15, -0.1) is 0 Å². The topological polar surface area (TPSA) is 50.4 Å². The molecular formula is C6H12N2O2. The smallest absolute Gasteiger partial charge is 0.338 e. The minimum Gasteiger partial charge on any atom is -0.464 e. The Labute approximate surface area is 59.9 Å². The molecule has 1 saturated heterocycles. The van der Waals surface area contributed by atoms with Crippen LogP contribution < -0.4 is 10.6 Å². The third-order valence-electron chi connectivity index (χ3n) is 1.34. The lowest BCUT2D eigenvalue weighted by atomic mass is 10.5. The average Bonchev–Trinajstić information content (AvgIpc) is 2.38. The first-order valence-electron chi connectivity index (χ1n) is 3.48. The summed E-state index contributed by atoms with van der Waals surface area (Å²) in [6, 6.07) is 0. The summed E-state index contributed by atoms with van der Waals surface area (Å²) >= 11 is 0. The summed E-state index contributed by atoms with van der Waals surface area (Å²) in [7, 11) is 0. The molecule has 0 atom stereocenters.